The largest absolute Gasteiger partial charge is 1.00 e. The summed E-state index contributed by atoms with van der Waals surface area (Å²) in [6.07, 6.45) is 0. The molecule has 0 spiro atoms. The molecule has 48 valence electrons. The van der Waals surface area contributed by atoms with Gasteiger partial charge in [-0.15, -0.1) is 0 Å². The summed E-state index contributed by atoms with van der Waals surface area (Å²) >= 11 is 0. The van der Waals surface area contributed by atoms with Crippen molar-refractivity contribution < 1.29 is 46.5 Å². The Bertz CT molecular complexity index is 18.5. The molecule has 0 saturated heterocycles. The Morgan fingerprint density at radius 3 is 0.714 bits per heavy atom. The van der Waals surface area contributed by atoms with E-state index in [0.717, 1.165) is 0 Å². The fourth-order valence-electron chi connectivity index (χ4n) is 0. The zero-order valence-electron chi connectivity index (χ0n) is 5.91. The van der Waals surface area contributed by atoms with Crippen LogP contribution in [0.15, 0.2) is 0 Å². The molecule has 4 nitrogen and oxygen atoms in total. The molecule has 0 atom stereocenters. The van der Waals surface area contributed by atoms with Crippen molar-refractivity contribution >= 4 is 75.1 Å². The number of rotatable bonds is 0. The van der Waals surface area contributed by atoms with E-state index in [1.165, 1.54) is 0 Å². The van der Waals surface area contributed by atoms with Gasteiger partial charge in [-0.1, -0.05) is 0 Å². The predicted molar refractivity (Wildman–Crippen MR) is 32.4 cm³/mol. The van der Waals surface area contributed by atoms with Gasteiger partial charge < -0.3 is 24.8 Å². The van der Waals surface area contributed by atoms with Crippen LogP contribution in [0.25, 0.3) is 0 Å². The van der Waals surface area contributed by atoms with Gasteiger partial charge in [0.1, 0.15) is 0 Å². The number of hydrogen-bond acceptors (Lipinski definition) is 0. The van der Waals surface area contributed by atoms with Gasteiger partial charge in [0.15, 0.2) is 0 Å². The predicted octanol–water partition coefficient (Wildman–Crippen LogP) is -4.64. The molecule has 0 bridgehead atoms. The summed E-state index contributed by atoms with van der Waals surface area (Å²) in [6.45, 7) is 0. The zero-order chi connectivity index (χ0) is 0. The van der Waals surface area contributed by atoms with E-state index in [4.69, 9.17) is 0 Å². The Hall–Kier alpha value is 3.01. The fourth-order valence-corrected chi connectivity index (χ4v) is 0. The Labute approximate surface area is 119 Å². The van der Waals surface area contributed by atoms with Crippen molar-refractivity contribution in [3.8, 4) is 0 Å². The van der Waals surface area contributed by atoms with Crippen LogP contribution < -0.4 is 0 Å². The van der Waals surface area contributed by atoms with Gasteiger partial charge in [0.25, 0.3) is 0 Å². The topological polar surface area (TPSA) is 126 Å². The van der Waals surface area contributed by atoms with Crippen LogP contribution in [0.2, 0.25) is 0 Å². The molecule has 0 aliphatic rings. The fraction of sp³-hybridized carbons (Fsp3) is 0. The second-order valence-electron chi connectivity index (χ2n) is 0. The van der Waals surface area contributed by atoms with Crippen LogP contribution in [-0.4, -0.2) is 97.0 Å². The average molecular weight is 471 g/mol. The molecule has 0 unspecified atom stereocenters. The summed E-state index contributed by atoms with van der Waals surface area (Å²) in [7, 11) is 0. The van der Waals surface area contributed by atoms with E-state index in [-0.39, 0.29) is 122 Å². The summed E-state index contributed by atoms with van der Waals surface area (Å²) in [5.74, 6) is 0. The summed E-state index contributed by atoms with van der Waals surface area (Å²) in [5.41, 5.74) is 0. The summed E-state index contributed by atoms with van der Waals surface area (Å²) in [4.78, 5) is 0. The van der Waals surface area contributed by atoms with Gasteiger partial charge in [0, 0.05) is 21.7 Å². The van der Waals surface area contributed by atoms with Gasteiger partial charge >= 0.3 is 75.1 Å². The molecule has 0 aromatic carbocycles. The summed E-state index contributed by atoms with van der Waals surface area (Å²) in [5, 5.41) is 0. The molecular formula is H13BaBiO4Ti. The van der Waals surface area contributed by atoms with Crippen molar-refractivity contribution in [1.29, 1.82) is 0 Å². The van der Waals surface area contributed by atoms with E-state index in [2.05, 4.69) is 0 Å². The molecule has 0 aromatic heterocycles. The van der Waals surface area contributed by atoms with Crippen molar-refractivity contribution in [2.45, 2.75) is 0 Å². The maximum atomic E-state index is 0. The first kappa shape index (κ1) is 89.7. The second kappa shape index (κ2) is 63.8. The van der Waals surface area contributed by atoms with Crippen LogP contribution in [0.1, 0.15) is 2.85 Å². The van der Waals surface area contributed by atoms with Gasteiger partial charge in [-0.05, 0) is 0 Å². The molecular weight excluding hydrogens is 458 g/mol. The standard InChI is InChI=1S/Ba.Bi.4H2O.Ti.5H/h;;4*1H2;;;;;;/q+2;;;;;;;;;;2*-1. The van der Waals surface area contributed by atoms with E-state index >= 15 is 0 Å². The molecule has 0 radical (unpaired) electrons. The first-order valence-corrected chi connectivity index (χ1v) is 0. The molecule has 0 amide bonds. The molecule has 0 rings (SSSR count). The molecule has 0 fully saturated rings. The van der Waals surface area contributed by atoms with Crippen molar-refractivity contribution in [2.24, 2.45) is 0 Å². The number of hydrogen-bond donors (Lipinski definition) is 0. The average Bonchev–Trinajstić information content (AvgIpc) is 0. The Morgan fingerprint density at radius 1 is 0.714 bits per heavy atom. The van der Waals surface area contributed by atoms with Crippen molar-refractivity contribution in [2.75, 3.05) is 0 Å². The van der Waals surface area contributed by atoms with Crippen LogP contribution >= 0.6 is 0 Å². The zero-order valence-corrected chi connectivity index (χ0v) is 15.4. The van der Waals surface area contributed by atoms with E-state index < -0.39 is 0 Å². The molecule has 0 saturated carbocycles. The third-order valence-corrected chi connectivity index (χ3v) is 0. The maximum Gasteiger partial charge on any atom is 0 e. The third kappa shape index (κ3) is 48.9. The first-order chi connectivity index (χ1) is 0. The van der Waals surface area contributed by atoms with Crippen molar-refractivity contribution in [3.63, 3.8) is 0 Å². The molecule has 0 heterocycles. The van der Waals surface area contributed by atoms with Crippen LogP contribution in [0.3, 0.4) is 0 Å². The van der Waals surface area contributed by atoms with Crippen LogP contribution in [-0.2, 0) is 21.7 Å². The maximum absolute atomic E-state index is 0. The van der Waals surface area contributed by atoms with E-state index in [9.17, 15) is 0 Å². The molecule has 0 aromatic rings. The quantitative estimate of drug-likeness (QED) is 0.315. The minimum Gasteiger partial charge on any atom is -1.00 e. The molecule has 7 heteroatoms. The smallest absolute Gasteiger partial charge is 0 e. The van der Waals surface area contributed by atoms with Crippen molar-refractivity contribution in [3.05, 3.63) is 0 Å². The SMILES string of the molecule is O.O.O.O.[Ba+2].[BiH3].[H-].[H-].[Ti]. The molecule has 0 aliphatic heterocycles. The molecule has 0 aliphatic carbocycles. The van der Waals surface area contributed by atoms with E-state index in [1.54, 1.807) is 0 Å². The Balaban J connectivity index is 0. The van der Waals surface area contributed by atoms with Gasteiger partial charge in [0.05, 0.1) is 0 Å². The summed E-state index contributed by atoms with van der Waals surface area (Å²) < 4.78 is 0. The van der Waals surface area contributed by atoms with E-state index in [0.29, 0.717) is 0 Å². The normalized spacial score (nSPS) is 0. The van der Waals surface area contributed by atoms with E-state index in [1.807, 2.05) is 0 Å². The Kier molecular flexibility index (Phi) is 818. The second-order valence-corrected chi connectivity index (χ2v) is 0. The van der Waals surface area contributed by atoms with Gasteiger partial charge in [0.2, 0.25) is 0 Å². The van der Waals surface area contributed by atoms with Crippen LogP contribution in [0.5, 0.6) is 0 Å². The first-order valence-electron chi connectivity index (χ1n) is 0. The van der Waals surface area contributed by atoms with Crippen LogP contribution in [0.4, 0.5) is 0 Å². The minimum absolute atomic E-state index is 0. The van der Waals surface area contributed by atoms with Gasteiger partial charge in [-0.25, -0.2) is 0 Å². The third-order valence-electron chi connectivity index (χ3n) is 0. The summed E-state index contributed by atoms with van der Waals surface area (Å²) in [6, 6.07) is 0. The Morgan fingerprint density at radius 2 is 0.714 bits per heavy atom. The van der Waals surface area contributed by atoms with Crippen LogP contribution in [0, 0.1) is 0 Å². The van der Waals surface area contributed by atoms with Crippen molar-refractivity contribution in [1.82, 2.24) is 0 Å². The molecule has 8 N–H and O–H groups in total. The van der Waals surface area contributed by atoms with Gasteiger partial charge in [-0.2, -0.15) is 0 Å². The minimum atomic E-state index is 0. The molecule has 7 heavy (non-hydrogen) atoms. The monoisotopic (exact) mass is 472 g/mol. The van der Waals surface area contributed by atoms with Gasteiger partial charge in [-0.3, -0.25) is 0 Å².